The first-order chi connectivity index (χ1) is 12.2. The van der Waals surface area contributed by atoms with Gasteiger partial charge in [-0.25, -0.2) is 0 Å². The Morgan fingerprint density at radius 1 is 1.19 bits per heavy atom. The zero-order valence-corrected chi connectivity index (χ0v) is 16.9. The molecule has 0 N–H and O–H groups in total. The van der Waals surface area contributed by atoms with Crippen LogP contribution in [0.25, 0.3) is 0 Å². The maximum absolute atomic E-state index is 11.3. The van der Waals surface area contributed by atoms with Crippen molar-refractivity contribution in [1.29, 1.82) is 0 Å². The van der Waals surface area contributed by atoms with E-state index in [1.54, 1.807) is 0 Å². The molecule has 3 heteroatoms. The zero-order chi connectivity index (χ0) is 18.7. The number of rotatable bonds is 1. The van der Waals surface area contributed by atoms with Crippen LogP contribution in [0.2, 0.25) is 0 Å². The highest BCUT2D eigenvalue weighted by Gasteiger charge is 2.65. The summed E-state index contributed by atoms with van der Waals surface area (Å²) in [7, 11) is 0. The number of carbonyl (C=O) groups is 1. The second kappa shape index (κ2) is 5.74. The molecule has 0 radical (unpaired) electrons. The van der Waals surface area contributed by atoms with Crippen LogP contribution in [0.3, 0.4) is 0 Å². The highest BCUT2D eigenvalue weighted by Crippen LogP contribution is 2.65. The largest absolute Gasteiger partial charge is 0.486 e. The molecule has 2 saturated carbocycles. The number of hydrogen-bond donors (Lipinski definition) is 0. The fraction of sp³-hybridized carbons (Fsp3) is 0.696. The molecule has 0 saturated heterocycles. The third-order valence-corrected chi connectivity index (χ3v) is 7.96. The Hall–Kier alpha value is -1.51. The van der Waals surface area contributed by atoms with E-state index < -0.39 is 0 Å². The monoisotopic (exact) mass is 356 g/mol. The summed E-state index contributed by atoms with van der Waals surface area (Å²) in [5, 5.41) is 0. The number of fused-ring (bicyclic) bond motifs is 1. The van der Waals surface area contributed by atoms with Crippen LogP contribution in [-0.2, 0) is 11.2 Å². The Morgan fingerprint density at radius 3 is 2.69 bits per heavy atom. The fourth-order valence-electron chi connectivity index (χ4n) is 6.42. The van der Waals surface area contributed by atoms with Crippen LogP contribution in [0.1, 0.15) is 72.3 Å². The molecule has 4 rings (SSSR count). The summed E-state index contributed by atoms with van der Waals surface area (Å²) in [5.41, 5.74) is 1.57. The molecule has 1 aromatic rings. The lowest BCUT2D eigenvalue weighted by Crippen LogP contribution is -2.68. The van der Waals surface area contributed by atoms with E-state index in [4.69, 9.17) is 9.47 Å². The van der Waals surface area contributed by atoms with Crippen LogP contribution < -0.4 is 9.47 Å². The Labute approximate surface area is 157 Å². The van der Waals surface area contributed by atoms with E-state index in [0.717, 1.165) is 18.6 Å². The third-order valence-electron chi connectivity index (χ3n) is 7.96. The summed E-state index contributed by atoms with van der Waals surface area (Å²) >= 11 is 0. The van der Waals surface area contributed by atoms with Gasteiger partial charge in [0.1, 0.15) is 17.1 Å². The summed E-state index contributed by atoms with van der Waals surface area (Å²) in [5.74, 6) is 2.58. The highest BCUT2D eigenvalue weighted by atomic mass is 16.5. The van der Waals surface area contributed by atoms with Crippen LogP contribution in [0.15, 0.2) is 18.2 Å². The van der Waals surface area contributed by atoms with E-state index in [1.165, 1.54) is 38.2 Å². The molecule has 0 amide bonds. The minimum absolute atomic E-state index is 0.0671. The lowest BCUT2D eigenvalue weighted by Gasteiger charge is -2.66. The van der Waals surface area contributed by atoms with E-state index in [9.17, 15) is 4.79 Å². The minimum Gasteiger partial charge on any atom is -0.486 e. The van der Waals surface area contributed by atoms with Crippen molar-refractivity contribution in [2.24, 2.45) is 22.7 Å². The van der Waals surface area contributed by atoms with Gasteiger partial charge < -0.3 is 9.47 Å². The summed E-state index contributed by atoms with van der Waals surface area (Å²) < 4.78 is 12.3. The molecule has 0 aromatic heterocycles. The first-order valence-electron chi connectivity index (χ1n) is 10.2. The summed E-state index contributed by atoms with van der Waals surface area (Å²) in [6.45, 7) is 11.2. The second-order valence-corrected chi connectivity index (χ2v) is 9.82. The number of carbonyl (C=O) groups excluding carboxylic acids is 1. The molecule has 1 heterocycles. The number of benzene rings is 1. The normalized spacial score (nSPS) is 37.6. The molecule has 26 heavy (non-hydrogen) atoms. The molecule has 2 aliphatic carbocycles. The van der Waals surface area contributed by atoms with Gasteiger partial charge in [-0.2, -0.15) is 0 Å². The van der Waals surface area contributed by atoms with Crippen LogP contribution in [0, 0.1) is 22.7 Å². The Kier molecular flexibility index (Phi) is 3.95. The van der Waals surface area contributed by atoms with E-state index in [2.05, 4.69) is 27.7 Å². The Balaban J connectivity index is 1.80. The van der Waals surface area contributed by atoms with Crippen molar-refractivity contribution < 1.29 is 14.3 Å². The van der Waals surface area contributed by atoms with Gasteiger partial charge >= 0.3 is 5.97 Å². The van der Waals surface area contributed by atoms with Gasteiger partial charge in [0.2, 0.25) is 0 Å². The van der Waals surface area contributed by atoms with Crippen LogP contribution in [0.4, 0.5) is 0 Å². The Morgan fingerprint density at radius 2 is 1.96 bits per heavy atom. The van der Waals surface area contributed by atoms with Gasteiger partial charge in [-0.1, -0.05) is 27.7 Å². The fourth-order valence-corrected chi connectivity index (χ4v) is 6.42. The van der Waals surface area contributed by atoms with E-state index in [0.29, 0.717) is 23.0 Å². The summed E-state index contributed by atoms with van der Waals surface area (Å²) in [4.78, 5) is 11.3. The predicted molar refractivity (Wildman–Crippen MR) is 102 cm³/mol. The van der Waals surface area contributed by atoms with E-state index in [-0.39, 0.29) is 17.0 Å². The molecule has 1 aliphatic heterocycles. The average molecular weight is 357 g/mol. The van der Waals surface area contributed by atoms with Gasteiger partial charge in [0, 0.05) is 18.3 Å². The van der Waals surface area contributed by atoms with Crippen molar-refractivity contribution in [3.05, 3.63) is 23.8 Å². The molecule has 0 bridgehead atoms. The van der Waals surface area contributed by atoms with Crippen molar-refractivity contribution in [1.82, 2.24) is 0 Å². The average Bonchev–Trinajstić information content (AvgIpc) is 2.53. The van der Waals surface area contributed by atoms with Crippen LogP contribution >= 0.6 is 0 Å². The molecule has 3 aliphatic rings. The predicted octanol–water partition coefficient (Wildman–Crippen LogP) is 5.55. The summed E-state index contributed by atoms with van der Waals surface area (Å²) in [6, 6.07) is 5.90. The van der Waals surface area contributed by atoms with Gasteiger partial charge in [-0.05, 0) is 73.6 Å². The van der Waals surface area contributed by atoms with Crippen molar-refractivity contribution in [3.8, 4) is 11.5 Å². The van der Waals surface area contributed by atoms with Gasteiger partial charge in [0.25, 0.3) is 0 Å². The highest BCUT2D eigenvalue weighted by molar-refractivity contribution is 5.69. The van der Waals surface area contributed by atoms with Crippen molar-refractivity contribution >= 4 is 5.97 Å². The number of hydrogen-bond acceptors (Lipinski definition) is 3. The second-order valence-electron chi connectivity index (χ2n) is 9.82. The van der Waals surface area contributed by atoms with Gasteiger partial charge in [0.15, 0.2) is 0 Å². The SMILES string of the molecule is CC(=O)Oc1ccc2c(c1)CC1(C)C(C)CCC3C(C)(C)CCCC31O2. The topological polar surface area (TPSA) is 35.5 Å². The lowest BCUT2D eigenvalue weighted by molar-refractivity contribution is -0.210. The molecule has 1 spiro atoms. The van der Waals surface area contributed by atoms with Crippen molar-refractivity contribution in [3.63, 3.8) is 0 Å². The molecule has 2 fully saturated rings. The van der Waals surface area contributed by atoms with Crippen molar-refractivity contribution in [2.75, 3.05) is 0 Å². The van der Waals surface area contributed by atoms with Gasteiger partial charge in [-0.15, -0.1) is 0 Å². The first kappa shape index (κ1) is 17.9. The zero-order valence-electron chi connectivity index (χ0n) is 16.9. The molecule has 4 unspecified atom stereocenters. The number of ether oxygens (including phenoxy) is 2. The van der Waals surface area contributed by atoms with Crippen LogP contribution in [0.5, 0.6) is 11.5 Å². The minimum atomic E-state index is -0.274. The maximum atomic E-state index is 11.3. The molecule has 3 nitrogen and oxygen atoms in total. The Bertz CT molecular complexity index is 737. The molecule has 4 atom stereocenters. The third kappa shape index (κ3) is 2.42. The quantitative estimate of drug-likeness (QED) is 0.489. The van der Waals surface area contributed by atoms with Crippen LogP contribution in [-0.4, -0.2) is 11.6 Å². The smallest absolute Gasteiger partial charge is 0.308 e. The molecular formula is C23H32O3. The maximum Gasteiger partial charge on any atom is 0.308 e. The first-order valence-corrected chi connectivity index (χ1v) is 10.2. The van der Waals surface area contributed by atoms with E-state index >= 15 is 0 Å². The van der Waals surface area contributed by atoms with Crippen molar-refractivity contribution in [2.45, 2.75) is 78.7 Å². The molecule has 142 valence electrons. The summed E-state index contributed by atoms with van der Waals surface area (Å²) in [6.07, 6.45) is 7.25. The molecule has 1 aromatic carbocycles. The van der Waals surface area contributed by atoms with Gasteiger partial charge in [0.05, 0.1) is 0 Å². The number of esters is 1. The standard InChI is InChI=1S/C23H32O3/c1-15-7-10-20-21(3,4)11-6-12-23(20)22(15,5)14-17-13-18(25-16(2)24)8-9-19(17)26-23/h8-9,13,15,20H,6-7,10-12,14H2,1-5H3. The van der Waals surface area contributed by atoms with Gasteiger partial charge in [-0.3, -0.25) is 4.79 Å². The lowest BCUT2D eigenvalue weighted by atomic mass is 9.44. The molecular weight excluding hydrogens is 324 g/mol. The van der Waals surface area contributed by atoms with E-state index in [1.807, 2.05) is 18.2 Å².